The summed E-state index contributed by atoms with van der Waals surface area (Å²) in [5.41, 5.74) is 2.56. The Morgan fingerprint density at radius 2 is 0.891 bits per heavy atom. The van der Waals surface area contributed by atoms with Crippen molar-refractivity contribution in [3.63, 3.8) is 0 Å². The second-order valence-corrected chi connectivity index (χ2v) is 26.3. The number of hydrogen-bond acceptors (Lipinski definition) is 12. The summed E-state index contributed by atoms with van der Waals surface area (Å²) in [6.45, 7) is 3.59. The first kappa shape index (κ1) is 72.4. The van der Waals surface area contributed by atoms with Crippen molar-refractivity contribution in [2.24, 2.45) is 0 Å². The first-order valence-corrected chi connectivity index (χ1v) is 33.1. The molecule has 12 rings (SSSR count). The lowest BCUT2D eigenvalue weighted by Crippen LogP contribution is -2.56. The van der Waals surface area contributed by atoms with E-state index in [9.17, 15) is 86.8 Å². The highest BCUT2D eigenvalue weighted by Crippen LogP contribution is 2.49. The third-order valence-electron chi connectivity index (χ3n) is 17.9. The van der Waals surface area contributed by atoms with Crippen LogP contribution >= 0.6 is 0 Å². The van der Waals surface area contributed by atoms with Gasteiger partial charge in [-0.1, -0.05) is 36.4 Å². The maximum absolute atomic E-state index is 13.9. The number of halogens is 9. The summed E-state index contributed by atoms with van der Waals surface area (Å²) in [4.78, 5) is 97.7. The van der Waals surface area contributed by atoms with Crippen LogP contribution in [0.3, 0.4) is 0 Å². The van der Waals surface area contributed by atoms with Crippen LogP contribution in [0.15, 0.2) is 166 Å². The van der Waals surface area contributed by atoms with Crippen LogP contribution in [0, 0.1) is 47.8 Å². The van der Waals surface area contributed by atoms with E-state index in [1.165, 1.54) is 71.3 Å². The Balaban J connectivity index is 0.000000164. The van der Waals surface area contributed by atoms with Gasteiger partial charge in [-0.3, -0.25) is 29.1 Å². The van der Waals surface area contributed by atoms with Crippen molar-refractivity contribution in [3.05, 3.63) is 222 Å². The van der Waals surface area contributed by atoms with Crippen molar-refractivity contribution in [1.29, 1.82) is 15.8 Å². The number of sulfone groups is 1. The quantitative estimate of drug-likeness (QED) is 0.141. The molecule has 3 aliphatic carbocycles. The summed E-state index contributed by atoms with van der Waals surface area (Å²) in [5, 5.41) is 32.6. The smallest absolute Gasteiger partial charge is 0.341 e. The average molecular weight is 1410 g/mol. The molecule has 3 heterocycles. The maximum atomic E-state index is 13.9. The number of Topliss-reactive ketones (excluding diaryl/α,β-unsaturated/α-hetero) is 3. The van der Waals surface area contributed by atoms with Crippen LogP contribution in [-0.2, 0) is 42.7 Å². The molecule has 0 bridgehead atoms. The molecule has 0 saturated heterocycles. The first-order chi connectivity index (χ1) is 47.6. The molecule has 8 amide bonds. The zero-order valence-corrected chi connectivity index (χ0v) is 55.1. The van der Waals surface area contributed by atoms with Crippen LogP contribution in [0.2, 0.25) is 0 Å². The van der Waals surface area contributed by atoms with Gasteiger partial charge in [0.1, 0.15) is 6.04 Å². The largest absolute Gasteiger partial charge is 0.416 e. The van der Waals surface area contributed by atoms with Gasteiger partial charge in [0.2, 0.25) is 0 Å². The molecule has 6 aromatic rings. The Morgan fingerprint density at radius 3 is 1.31 bits per heavy atom. The van der Waals surface area contributed by atoms with Crippen LogP contribution in [0.25, 0.3) is 0 Å². The minimum Gasteiger partial charge on any atom is -0.341 e. The van der Waals surface area contributed by atoms with E-state index < -0.39 is 93.1 Å². The van der Waals surface area contributed by atoms with E-state index in [1.54, 1.807) is 50.2 Å². The Labute approximate surface area is 572 Å². The lowest BCUT2D eigenvalue weighted by atomic mass is 9.82. The summed E-state index contributed by atoms with van der Waals surface area (Å²) in [7, 11) is -1.27. The number of amides is 8. The highest BCUT2D eigenvalue weighted by molar-refractivity contribution is 7.90. The lowest BCUT2D eigenvalue weighted by molar-refractivity contribution is -0.138. The average Bonchev–Trinajstić information content (AvgIpc) is 0.738. The van der Waals surface area contributed by atoms with E-state index in [0.717, 1.165) is 70.8 Å². The number of nitrogens with zero attached hydrogens (tertiary/aromatic N) is 8. The number of rotatable bonds is 7. The topological polar surface area (TPSA) is 265 Å². The number of ketones is 3. The number of benzene rings is 6. The van der Waals surface area contributed by atoms with E-state index >= 15 is 0 Å². The molecule has 0 fully saturated rings. The van der Waals surface area contributed by atoms with Gasteiger partial charge in [0.25, 0.3) is 0 Å². The number of hydrogen-bond donors (Lipinski definition) is 2. The molecule has 6 aromatic carbocycles. The third-order valence-corrected chi connectivity index (χ3v) is 19.1. The van der Waals surface area contributed by atoms with Gasteiger partial charge in [-0.2, -0.15) is 55.3 Å². The zero-order chi connectivity index (χ0) is 73.5. The predicted octanol–water partition coefficient (Wildman–Crippen LogP) is 15.0. The standard InChI is InChI=1S/C25H21F3N4O5S.C24H20F3N3O2.C23H18F3N3O2/c1-30-23(34)32-22(17-10-9-14(13-29)11-20(17)38(2,36)37)21-18(7-4-8-19(21)33)31(24(32)35)16-6-3-5-15(12-16)25(26,27)28;1-14-11-15(13-28)9-10-18(14)22-21-19(7-4-8-20(21)31)30(23(32)29(22)2)17-6-3-5-16(12-17)24(25,26)27;1-13-10-14(12-27)8-9-17(13)21-20-18(6-3-7-19(20)30)29(22(31)28-21)16-5-2-4-15(11-16)23(24,25)26/h3,5-6,9-12,22H,4,7-8H2,1-2H3,(H,30,34);3,5-6,9-12,22H,4,7-8H2,1-2H3;2,4-5,8-11,21H,3,6-7H2,1H3,(H,28,31)/t;22-;/m.1./s1. The summed E-state index contributed by atoms with van der Waals surface area (Å²) < 4.78 is 145. The molecule has 0 spiro atoms. The normalized spacial score (nSPS) is 18.8. The van der Waals surface area contributed by atoms with E-state index in [0.29, 0.717) is 94.6 Å². The van der Waals surface area contributed by atoms with Gasteiger partial charge in [0.15, 0.2) is 27.2 Å². The van der Waals surface area contributed by atoms with Crippen LogP contribution in [0.1, 0.15) is 137 Å². The number of allylic oxidation sites excluding steroid dienone is 3. The van der Waals surface area contributed by atoms with Crippen molar-refractivity contribution >= 4 is 68.4 Å². The van der Waals surface area contributed by atoms with Crippen LogP contribution < -0.4 is 25.3 Å². The number of carbonyl (C=O) groups excluding carboxylic acids is 7. The molecule has 2 N–H and O–H groups in total. The Morgan fingerprint density at radius 1 is 0.505 bits per heavy atom. The number of likely N-dealkylation sites (N-methyl/N-ethyl adjacent to an activating group) is 1. The molecular formula is C72H59F9N10O9S. The number of alkyl halides is 9. The number of carbonyl (C=O) groups is 7. The summed E-state index contributed by atoms with van der Waals surface area (Å²) >= 11 is 0. The Hall–Kier alpha value is -11.4. The number of imide groups is 1. The molecule has 29 heteroatoms. The molecule has 3 atom stereocenters. The molecule has 19 nitrogen and oxygen atoms in total. The SMILES string of the molecule is CNC(=O)N1C(=O)N(c2cccc(C(F)(F)F)c2)C2=C(C(=O)CCC2)C1c1ccc(C#N)cc1S(C)(=O)=O.Cc1cc(C#N)ccc1C1NC(=O)N(c2cccc(C(F)(F)F)c2)C2=C1C(=O)CCC2.Cc1cc(C#N)ccc1[C@@H]1C2=C(CCCC2=O)N(c2cccc(C(F)(F)F)c2)C(=O)N1C. The first-order valence-electron chi connectivity index (χ1n) is 31.2. The van der Waals surface area contributed by atoms with E-state index in [4.69, 9.17) is 10.5 Å². The van der Waals surface area contributed by atoms with Gasteiger partial charge in [0, 0.05) is 73.4 Å². The second kappa shape index (κ2) is 28.1. The fraction of sp³-hybridized carbons (Fsp3) is 0.278. The van der Waals surface area contributed by atoms with Crippen LogP contribution in [0.5, 0.6) is 0 Å². The van der Waals surface area contributed by atoms with Gasteiger partial charge in [-0.15, -0.1) is 0 Å². The third kappa shape index (κ3) is 14.3. The maximum Gasteiger partial charge on any atom is 0.416 e. The van der Waals surface area contributed by atoms with E-state index in [1.807, 2.05) is 6.07 Å². The molecule has 0 aromatic heterocycles. The van der Waals surface area contributed by atoms with Gasteiger partial charge in [-0.05, 0) is 171 Å². The molecule has 0 radical (unpaired) electrons. The van der Waals surface area contributed by atoms with Crippen molar-refractivity contribution in [2.75, 3.05) is 35.1 Å². The molecule has 101 heavy (non-hydrogen) atoms. The van der Waals surface area contributed by atoms with Crippen molar-refractivity contribution < 1.29 is 81.5 Å². The van der Waals surface area contributed by atoms with Gasteiger partial charge >= 0.3 is 42.7 Å². The van der Waals surface area contributed by atoms with Gasteiger partial charge in [-0.25, -0.2) is 32.5 Å². The van der Waals surface area contributed by atoms with Gasteiger partial charge < -0.3 is 15.5 Å². The zero-order valence-electron chi connectivity index (χ0n) is 54.3. The highest BCUT2D eigenvalue weighted by Gasteiger charge is 2.50. The fourth-order valence-corrected chi connectivity index (χ4v) is 14.3. The van der Waals surface area contributed by atoms with Crippen molar-refractivity contribution in [1.82, 2.24) is 20.4 Å². The Kier molecular flexibility index (Phi) is 20.1. The number of urea groups is 4. The molecule has 0 saturated carbocycles. The molecule has 6 aliphatic rings. The van der Waals surface area contributed by atoms with Crippen molar-refractivity contribution in [2.45, 2.75) is 113 Å². The minimum atomic E-state index is -4.72. The predicted molar refractivity (Wildman–Crippen MR) is 347 cm³/mol. The van der Waals surface area contributed by atoms with Gasteiger partial charge in [0.05, 0.1) is 85.6 Å². The monoisotopic (exact) mass is 1410 g/mol. The summed E-state index contributed by atoms with van der Waals surface area (Å²) in [6, 6.07) is 26.6. The molecule has 520 valence electrons. The number of nitriles is 3. The van der Waals surface area contributed by atoms with E-state index in [-0.39, 0.29) is 68.8 Å². The fourth-order valence-electron chi connectivity index (χ4n) is 13.4. The van der Waals surface area contributed by atoms with Crippen LogP contribution in [0.4, 0.5) is 75.8 Å². The number of aryl methyl sites for hydroxylation is 2. The van der Waals surface area contributed by atoms with Crippen LogP contribution in [-0.4, -0.2) is 80.0 Å². The molecule has 3 aliphatic heterocycles. The Bertz CT molecular complexity index is 4850. The minimum absolute atomic E-state index is 0.00225. The lowest BCUT2D eigenvalue weighted by Gasteiger charge is -2.44. The number of anilines is 3. The highest BCUT2D eigenvalue weighted by atomic mass is 32.2. The van der Waals surface area contributed by atoms with Crippen molar-refractivity contribution in [3.8, 4) is 18.2 Å². The van der Waals surface area contributed by atoms with E-state index in [2.05, 4.69) is 22.8 Å². The second-order valence-electron chi connectivity index (χ2n) is 24.4. The summed E-state index contributed by atoms with van der Waals surface area (Å²) in [5.74, 6) is -0.762. The summed E-state index contributed by atoms with van der Waals surface area (Å²) in [6.07, 6.45) is -10.1. The molecular weight excluding hydrogens is 1350 g/mol. The number of nitrogens with one attached hydrogen (secondary N) is 2. The molecule has 2 unspecified atom stereocenters.